The standard InChI is InChI=1S/C17H26N6O2/c1-11(14-21-15(22-25-14)17(2,3)4)20-16(24)23-10-6-5-7-12(23)13-18-8-9-19-13/h8-9,11-12H,5-7,10H2,1-4H3,(H,18,19)(H,20,24). The predicted octanol–water partition coefficient (Wildman–Crippen LogP) is 3.09. The highest BCUT2D eigenvalue weighted by atomic mass is 16.5. The summed E-state index contributed by atoms with van der Waals surface area (Å²) in [5.41, 5.74) is -0.192. The van der Waals surface area contributed by atoms with Gasteiger partial charge in [-0.3, -0.25) is 0 Å². The minimum absolute atomic E-state index is 0.0243. The van der Waals surface area contributed by atoms with Crippen molar-refractivity contribution in [3.63, 3.8) is 0 Å². The molecule has 0 aliphatic carbocycles. The van der Waals surface area contributed by atoms with Crippen molar-refractivity contribution in [1.82, 2.24) is 30.3 Å². The first-order chi connectivity index (χ1) is 11.9. The van der Waals surface area contributed by atoms with Crippen molar-refractivity contribution >= 4 is 6.03 Å². The molecule has 2 atom stereocenters. The van der Waals surface area contributed by atoms with Crippen LogP contribution in [0.5, 0.6) is 0 Å². The Morgan fingerprint density at radius 2 is 2.24 bits per heavy atom. The number of rotatable bonds is 3. The fourth-order valence-electron chi connectivity index (χ4n) is 2.96. The number of amides is 2. The first kappa shape index (κ1) is 17.4. The number of hydrogen-bond acceptors (Lipinski definition) is 5. The maximum atomic E-state index is 12.8. The average Bonchev–Trinajstić information content (AvgIpc) is 3.26. The molecule has 2 aromatic heterocycles. The molecule has 0 saturated carbocycles. The second-order valence-electron chi connectivity index (χ2n) is 7.56. The lowest BCUT2D eigenvalue weighted by Crippen LogP contribution is -2.45. The molecular formula is C17H26N6O2. The Kier molecular flexibility index (Phi) is 4.78. The van der Waals surface area contributed by atoms with E-state index < -0.39 is 0 Å². The van der Waals surface area contributed by atoms with Gasteiger partial charge < -0.3 is 19.7 Å². The van der Waals surface area contributed by atoms with Crippen LogP contribution in [0.3, 0.4) is 0 Å². The fraction of sp³-hybridized carbons (Fsp3) is 0.647. The second-order valence-corrected chi connectivity index (χ2v) is 7.56. The van der Waals surface area contributed by atoms with Crippen molar-refractivity contribution in [3.8, 4) is 0 Å². The molecule has 1 fully saturated rings. The van der Waals surface area contributed by atoms with E-state index in [0.717, 1.165) is 25.1 Å². The number of H-pyrrole nitrogens is 1. The zero-order valence-electron chi connectivity index (χ0n) is 15.2. The number of hydrogen-bond donors (Lipinski definition) is 2. The van der Waals surface area contributed by atoms with Gasteiger partial charge in [0.2, 0.25) is 5.89 Å². The molecule has 1 aliphatic rings. The van der Waals surface area contributed by atoms with Crippen molar-refractivity contribution in [3.05, 3.63) is 29.9 Å². The Morgan fingerprint density at radius 3 is 2.88 bits per heavy atom. The summed E-state index contributed by atoms with van der Waals surface area (Å²) in [6.45, 7) is 8.62. The Morgan fingerprint density at radius 1 is 1.44 bits per heavy atom. The Labute approximate surface area is 147 Å². The molecule has 25 heavy (non-hydrogen) atoms. The monoisotopic (exact) mass is 346 g/mol. The van der Waals surface area contributed by atoms with E-state index in [2.05, 4.69) is 25.4 Å². The summed E-state index contributed by atoms with van der Waals surface area (Å²) in [5, 5.41) is 6.99. The van der Waals surface area contributed by atoms with Gasteiger partial charge in [-0.25, -0.2) is 9.78 Å². The third kappa shape index (κ3) is 3.83. The van der Waals surface area contributed by atoms with E-state index in [1.807, 2.05) is 32.6 Å². The average molecular weight is 346 g/mol. The van der Waals surface area contributed by atoms with Crippen LogP contribution in [0.1, 0.15) is 76.6 Å². The van der Waals surface area contributed by atoms with Crippen molar-refractivity contribution in [2.24, 2.45) is 0 Å². The summed E-state index contributed by atoms with van der Waals surface area (Å²) in [5.74, 6) is 1.88. The number of carbonyl (C=O) groups excluding carboxylic acids is 1. The third-order valence-corrected chi connectivity index (χ3v) is 4.42. The van der Waals surface area contributed by atoms with E-state index in [1.165, 1.54) is 0 Å². The summed E-state index contributed by atoms with van der Waals surface area (Å²) in [7, 11) is 0. The number of urea groups is 1. The zero-order chi connectivity index (χ0) is 18.0. The van der Waals surface area contributed by atoms with E-state index in [9.17, 15) is 4.79 Å². The number of carbonyl (C=O) groups is 1. The van der Waals surface area contributed by atoms with E-state index in [1.54, 1.807) is 12.4 Å². The molecule has 0 spiro atoms. The fourth-order valence-corrected chi connectivity index (χ4v) is 2.96. The van der Waals surface area contributed by atoms with Crippen LogP contribution in [0.15, 0.2) is 16.9 Å². The van der Waals surface area contributed by atoms with E-state index in [-0.39, 0.29) is 23.5 Å². The van der Waals surface area contributed by atoms with Crippen molar-refractivity contribution in [2.45, 2.75) is 64.5 Å². The lowest BCUT2D eigenvalue weighted by atomic mass is 9.96. The lowest BCUT2D eigenvalue weighted by Gasteiger charge is -2.35. The quantitative estimate of drug-likeness (QED) is 0.889. The van der Waals surface area contributed by atoms with Crippen molar-refractivity contribution in [1.29, 1.82) is 0 Å². The zero-order valence-corrected chi connectivity index (χ0v) is 15.2. The number of nitrogens with one attached hydrogen (secondary N) is 2. The van der Waals surface area contributed by atoms with Gasteiger partial charge in [-0.15, -0.1) is 0 Å². The first-order valence-electron chi connectivity index (χ1n) is 8.77. The molecule has 0 aromatic carbocycles. The van der Waals surface area contributed by atoms with Crippen LogP contribution in [-0.2, 0) is 5.41 Å². The second kappa shape index (κ2) is 6.85. The molecule has 1 aliphatic heterocycles. The number of imidazole rings is 1. The molecule has 1 saturated heterocycles. The van der Waals surface area contributed by atoms with Gasteiger partial charge in [-0.1, -0.05) is 25.9 Å². The summed E-state index contributed by atoms with van der Waals surface area (Å²) < 4.78 is 5.33. The summed E-state index contributed by atoms with van der Waals surface area (Å²) >= 11 is 0. The Balaban J connectivity index is 1.69. The van der Waals surface area contributed by atoms with Gasteiger partial charge in [0, 0.05) is 24.4 Å². The maximum absolute atomic E-state index is 12.8. The van der Waals surface area contributed by atoms with Gasteiger partial charge in [0.05, 0.1) is 6.04 Å². The van der Waals surface area contributed by atoms with E-state index in [0.29, 0.717) is 18.3 Å². The topological polar surface area (TPSA) is 99.9 Å². The summed E-state index contributed by atoms with van der Waals surface area (Å²) in [4.78, 5) is 26.5. The highest BCUT2D eigenvalue weighted by molar-refractivity contribution is 5.75. The minimum Gasteiger partial charge on any atom is -0.347 e. The van der Waals surface area contributed by atoms with Gasteiger partial charge in [-0.2, -0.15) is 4.98 Å². The van der Waals surface area contributed by atoms with Crippen LogP contribution in [0.4, 0.5) is 4.79 Å². The predicted molar refractivity (Wildman–Crippen MR) is 91.8 cm³/mol. The first-order valence-corrected chi connectivity index (χ1v) is 8.77. The highest BCUT2D eigenvalue weighted by Crippen LogP contribution is 2.29. The highest BCUT2D eigenvalue weighted by Gasteiger charge is 2.31. The lowest BCUT2D eigenvalue weighted by molar-refractivity contribution is 0.143. The molecule has 0 radical (unpaired) electrons. The number of aromatic amines is 1. The molecule has 2 unspecified atom stereocenters. The largest absolute Gasteiger partial charge is 0.347 e. The van der Waals surface area contributed by atoms with Crippen LogP contribution >= 0.6 is 0 Å². The number of nitrogens with zero attached hydrogens (tertiary/aromatic N) is 4. The Hall–Kier alpha value is -2.38. The maximum Gasteiger partial charge on any atom is 0.318 e. The van der Waals surface area contributed by atoms with Crippen LogP contribution in [-0.4, -0.2) is 37.6 Å². The van der Waals surface area contributed by atoms with Gasteiger partial charge in [-0.05, 0) is 26.2 Å². The Bertz CT molecular complexity index is 703. The van der Waals surface area contributed by atoms with Crippen LogP contribution in [0.2, 0.25) is 0 Å². The molecular weight excluding hydrogens is 320 g/mol. The van der Waals surface area contributed by atoms with Gasteiger partial charge in [0.15, 0.2) is 5.82 Å². The summed E-state index contributed by atoms with van der Waals surface area (Å²) in [6.07, 6.45) is 6.49. The van der Waals surface area contributed by atoms with Gasteiger partial charge in [0.1, 0.15) is 11.9 Å². The number of piperidine rings is 1. The minimum atomic E-state index is -0.352. The number of likely N-dealkylation sites (tertiary alicyclic amines) is 1. The summed E-state index contributed by atoms with van der Waals surface area (Å²) in [6, 6.07) is -0.511. The van der Waals surface area contributed by atoms with Gasteiger partial charge >= 0.3 is 6.03 Å². The molecule has 2 amide bonds. The third-order valence-electron chi connectivity index (χ3n) is 4.42. The van der Waals surface area contributed by atoms with Gasteiger partial charge in [0.25, 0.3) is 0 Å². The van der Waals surface area contributed by atoms with Crippen LogP contribution in [0.25, 0.3) is 0 Å². The van der Waals surface area contributed by atoms with Crippen molar-refractivity contribution < 1.29 is 9.32 Å². The molecule has 3 rings (SSSR count). The number of aromatic nitrogens is 4. The normalized spacial score (nSPS) is 19.7. The SMILES string of the molecule is CC(NC(=O)N1CCCCC1c1ncc[nH]1)c1nc(C(C)(C)C)no1. The van der Waals surface area contributed by atoms with Crippen LogP contribution in [0, 0.1) is 0 Å². The smallest absolute Gasteiger partial charge is 0.318 e. The molecule has 3 heterocycles. The molecule has 0 bridgehead atoms. The molecule has 136 valence electrons. The molecule has 8 heteroatoms. The molecule has 2 aromatic rings. The van der Waals surface area contributed by atoms with Crippen LogP contribution < -0.4 is 5.32 Å². The van der Waals surface area contributed by atoms with E-state index >= 15 is 0 Å². The molecule has 2 N–H and O–H groups in total. The van der Waals surface area contributed by atoms with E-state index in [4.69, 9.17) is 4.52 Å². The van der Waals surface area contributed by atoms with Crippen molar-refractivity contribution in [2.75, 3.05) is 6.54 Å². The molecule has 8 nitrogen and oxygen atoms in total.